The van der Waals surface area contributed by atoms with Crippen LogP contribution in [0.15, 0.2) is 24.3 Å². The number of carbonyl (C=O) groups is 1. The summed E-state index contributed by atoms with van der Waals surface area (Å²) in [4.78, 5) is 15.3. The van der Waals surface area contributed by atoms with E-state index in [0.717, 1.165) is 34.7 Å². The molecule has 0 N–H and O–H groups in total. The summed E-state index contributed by atoms with van der Waals surface area (Å²) < 4.78 is 34.1. The van der Waals surface area contributed by atoms with E-state index in [9.17, 15) is 13.2 Å². The fraction of sp³-hybridized carbons (Fsp3) is 0.650. The maximum Gasteiger partial charge on any atom is 0.311 e. The van der Waals surface area contributed by atoms with E-state index in [-0.39, 0.29) is 30.0 Å². The van der Waals surface area contributed by atoms with E-state index in [1.807, 2.05) is 0 Å². The second-order valence-corrected chi connectivity index (χ2v) is 10.9. The number of fused-ring (bicyclic) bond motifs is 2. The molecule has 2 saturated heterocycles. The van der Waals surface area contributed by atoms with E-state index in [2.05, 4.69) is 58.8 Å². The molecule has 2 heterocycles. The van der Waals surface area contributed by atoms with Crippen molar-refractivity contribution in [3.8, 4) is 0 Å². The number of piperidine rings is 1. The first kappa shape index (κ1) is 22.0. The van der Waals surface area contributed by atoms with Crippen molar-refractivity contribution >= 4 is 38.7 Å². The number of nitrogens with zero attached hydrogens (tertiary/aromatic N) is 1. The minimum atomic E-state index is -3.47. The molecule has 156 valence electrons. The molecule has 2 bridgehead atoms. The summed E-state index contributed by atoms with van der Waals surface area (Å²) in [6, 6.07) is 8.92. The Morgan fingerprint density at radius 2 is 1.96 bits per heavy atom. The number of carbonyl (C=O) groups excluding carboxylic acids is 1. The smallest absolute Gasteiger partial charge is 0.311 e. The van der Waals surface area contributed by atoms with Gasteiger partial charge < -0.3 is 4.74 Å². The molecule has 4 atom stereocenters. The molecule has 2 aliphatic rings. The van der Waals surface area contributed by atoms with Gasteiger partial charge >= 0.3 is 5.97 Å². The van der Waals surface area contributed by atoms with Crippen molar-refractivity contribution in [3.05, 3.63) is 33.4 Å². The Bertz CT molecular complexity index is 812. The molecule has 0 spiro atoms. The monoisotopic (exact) mass is 521 g/mol. The van der Waals surface area contributed by atoms with Gasteiger partial charge in [-0.2, -0.15) is 8.42 Å². The average molecular weight is 521 g/mol. The van der Waals surface area contributed by atoms with Crippen molar-refractivity contribution in [2.45, 2.75) is 49.6 Å². The van der Waals surface area contributed by atoms with Gasteiger partial charge in [-0.1, -0.05) is 12.1 Å². The van der Waals surface area contributed by atoms with Gasteiger partial charge in [0.15, 0.2) is 0 Å². The van der Waals surface area contributed by atoms with Crippen LogP contribution < -0.4 is 0 Å². The van der Waals surface area contributed by atoms with Gasteiger partial charge in [0, 0.05) is 21.1 Å². The molecular formula is C20H28INO5S. The van der Waals surface area contributed by atoms with Crippen LogP contribution in [0.25, 0.3) is 0 Å². The third-order valence-corrected chi connectivity index (χ3v) is 7.73. The Morgan fingerprint density at radius 1 is 1.29 bits per heavy atom. The molecule has 2 unspecified atom stereocenters. The maximum absolute atomic E-state index is 13.0. The number of esters is 1. The lowest BCUT2D eigenvalue weighted by molar-refractivity contribution is -0.154. The van der Waals surface area contributed by atoms with Gasteiger partial charge in [0.05, 0.1) is 25.9 Å². The van der Waals surface area contributed by atoms with E-state index in [0.29, 0.717) is 18.9 Å². The summed E-state index contributed by atoms with van der Waals surface area (Å²) in [5, 5.41) is 0. The van der Waals surface area contributed by atoms with Gasteiger partial charge in [-0.15, -0.1) is 0 Å². The Labute approximate surface area is 181 Å². The quantitative estimate of drug-likeness (QED) is 0.238. The predicted octanol–water partition coefficient (Wildman–Crippen LogP) is 2.94. The molecule has 28 heavy (non-hydrogen) atoms. The largest absolute Gasteiger partial charge is 0.469 e. The number of halogens is 1. The molecule has 8 heteroatoms. The van der Waals surface area contributed by atoms with Crippen molar-refractivity contribution in [1.29, 1.82) is 0 Å². The van der Waals surface area contributed by atoms with Crippen molar-refractivity contribution in [1.82, 2.24) is 4.90 Å². The van der Waals surface area contributed by atoms with Crippen LogP contribution in [0.5, 0.6) is 0 Å². The maximum atomic E-state index is 13.0. The highest BCUT2D eigenvalue weighted by molar-refractivity contribution is 14.1. The third kappa shape index (κ3) is 4.39. The molecule has 1 aromatic rings. The van der Waals surface area contributed by atoms with E-state index >= 15 is 0 Å². The summed E-state index contributed by atoms with van der Waals surface area (Å²) in [5.74, 6) is -0.459. The molecule has 0 saturated carbocycles. The zero-order chi connectivity index (χ0) is 20.5. The van der Waals surface area contributed by atoms with E-state index in [1.165, 1.54) is 7.11 Å². The van der Waals surface area contributed by atoms with Crippen LogP contribution in [-0.4, -0.2) is 58.4 Å². The van der Waals surface area contributed by atoms with Gasteiger partial charge in [-0.3, -0.25) is 13.9 Å². The Balaban J connectivity index is 1.98. The second-order valence-electron chi connectivity index (χ2n) is 7.96. The summed E-state index contributed by atoms with van der Waals surface area (Å²) in [6.45, 7) is 0.129. The number of methoxy groups -OCH3 is 1. The molecular weight excluding hydrogens is 493 g/mol. The standard InChI is InChI=1S/C20H28INO5S/c1-22-16-9-10-17(22)18(19(23)26-2)20(13-16,11-4-12-27-28(3,24)25)14-5-7-15(21)8-6-14/h5-8,16-18H,4,9-13H2,1-3H3/t16?,17?,18-,20+/m0/s1. The molecule has 0 amide bonds. The highest BCUT2D eigenvalue weighted by Crippen LogP contribution is 2.53. The highest BCUT2D eigenvalue weighted by Gasteiger charge is 2.57. The van der Waals surface area contributed by atoms with Crippen molar-refractivity contribution in [2.24, 2.45) is 5.92 Å². The van der Waals surface area contributed by atoms with Crippen molar-refractivity contribution in [3.63, 3.8) is 0 Å². The van der Waals surface area contributed by atoms with Gasteiger partial charge in [0.2, 0.25) is 0 Å². The molecule has 2 aliphatic heterocycles. The number of ether oxygens (including phenoxy) is 1. The summed E-state index contributed by atoms with van der Waals surface area (Å²) >= 11 is 2.28. The molecule has 0 radical (unpaired) electrons. The van der Waals surface area contributed by atoms with Gasteiger partial charge in [-0.25, -0.2) is 0 Å². The zero-order valence-corrected chi connectivity index (χ0v) is 19.5. The Kier molecular flexibility index (Phi) is 6.73. The molecule has 0 aliphatic carbocycles. The lowest BCUT2D eigenvalue weighted by Gasteiger charge is -2.50. The lowest BCUT2D eigenvalue weighted by Crippen LogP contribution is -2.57. The van der Waals surface area contributed by atoms with Gasteiger partial charge in [0.25, 0.3) is 10.1 Å². The summed E-state index contributed by atoms with van der Waals surface area (Å²) in [5.41, 5.74) is 0.754. The van der Waals surface area contributed by atoms with Crippen LogP contribution in [0.1, 0.15) is 37.7 Å². The lowest BCUT2D eigenvalue weighted by atomic mass is 9.60. The predicted molar refractivity (Wildman–Crippen MR) is 116 cm³/mol. The number of rotatable bonds is 7. The second kappa shape index (κ2) is 8.57. The van der Waals surface area contributed by atoms with Crippen LogP contribution in [0.2, 0.25) is 0 Å². The van der Waals surface area contributed by atoms with Crippen LogP contribution >= 0.6 is 22.6 Å². The highest BCUT2D eigenvalue weighted by atomic mass is 127. The summed E-state index contributed by atoms with van der Waals surface area (Å²) in [6.07, 6.45) is 5.22. The Morgan fingerprint density at radius 3 is 2.57 bits per heavy atom. The first-order valence-corrected chi connectivity index (χ1v) is 12.5. The van der Waals surface area contributed by atoms with E-state index in [4.69, 9.17) is 8.92 Å². The summed E-state index contributed by atoms with van der Waals surface area (Å²) in [7, 11) is 0.0828. The van der Waals surface area contributed by atoms with Gasteiger partial charge in [0.1, 0.15) is 0 Å². The average Bonchev–Trinajstić information content (AvgIpc) is 2.88. The number of hydrogen-bond donors (Lipinski definition) is 0. The Hall–Kier alpha value is -0.710. The minimum absolute atomic E-state index is 0.129. The fourth-order valence-electron chi connectivity index (χ4n) is 5.19. The molecule has 3 rings (SSSR count). The molecule has 1 aromatic carbocycles. The van der Waals surface area contributed by atoms with Crippen LogP contribution in [0.4, 0.5) is 0 Å². The third-order valence-electron chi connectivity index (χ3n) is 6.41. The van der Waals surface area contributed by atoms with E-state index < -0.39 is 10.1 Å². The zero-order valence-electron chi connectivity index (χ0n) is 16.6. The molecule has 6 nitrogen and oxygen atoms in total. The van der Waals surface area contributed by atoms with Crippen molar-refractivity contribution in [2.75, 3.05) is 27.0 Å². The molecule has 0 aromatic heterocycles. The van der Waals surface area contributed by atoms with Crippen LogP contribution in [0, 0.1) is 9.49 Å². The van der Waals surface area contributed by atoms with Crippen LogP contribution in [0.3, 0.4) is 0 Å². The van der Waals surface area contributed by atoms with Crippen LogP contribution in [-0.2, 0) is 29.2 Å². The normalized spacial score (nSPS) is 30.4. The first-order valence-electron chi connectivity index (χ1n) is 9.58. The topological polar surface area (TPSA) is 72.9 Å². The first-order chi connectivity index (χ1) is 13.2. The SMILES string of the molecule is COC(=O)[C@@H]1C2CCC(C[C@]1(CCCOS(C)(=O)=O)c1ccc(I)cc1)N2C. The minimum Gasteiger partial charge on any atom is -0.469 e. The molecule has 2 fully saturated rings. The van der Waals surface area contributed by atoms with Crippen molar-refractivity contribution < 1.29 is 22.1 Å². The van der Waals surface area contributed by atoms with E-state index in [1.54, 1.807) is 0 Å². The number of hydrogen-bond acceptors (Lipinski definition) is 6. The van der Waals surface area contributed by atoms with Gasteiger partial charge in [-0.05, 0) is 79.4 Å². The number of benzene rings is 1. The fourth-order valence-corrected chi connectivity index (χ4v) is 5.97.